The zero-order valence-electron chi connectivity index (χ0n) is 10.6. The van der Waals surface area contributed by atoms with Gasteiger partial charge in [-0.05, 0) is 31.5 Å². The number of amides is 1. The summed E-state index contributed by atoms with van der Waals surface area (Å²) in [5, 5.41) is 21.1. The minimum atomic E-state index is -1.24. The van der Waals surface area contributed by atoms with Crippen molar-refractivity contribution in [2.45, 2.75) is 26.0 Å². The summed E-state index contributed by atoms with van der Waals surface area (Å²) in [6.45, 7) is 2.80. The molecule has 104 valence electrons. The number of rotatable bonds is 5. The molecule has 1 aromatic carbocycles. The summed E-state index contributed by atoms with van der Waals surface area (Å²) >= 11 is 0. The van der Waals surface area contributed by atoms with Crippen molar-refractivity contribution in [3.8, 4) is 0 Å². The molecule has 3 N–H and O–H groups in total. The molecule has 6 heteroatoms. The molecule has 1 aromatic rings. The molecule has 0 radical (unpaired) electrons. The van der Waals surface area contributed by atoms with Gasteiger partial charge in [0, 0.05) is 0 Å². The van der Waals surface area contributed by atoms with Crippen molar-refractivity contribution in [2.24, 2.45) is 5.92 Å². The van der Waals surface area contributed by atoms with Gasteiger partial charge < -0.3 is 15.5 Å². The van der Waals surface area contributed by atoms with E-state index in [2.05, 4.69) is 5.32 Å². The number of aliphatic hydroxyl groups excluding tert-OH is 1. The lowest BCUT2D eigenvalue weighted by molar-refractivity contribution is -0.146. The van der Waals surface area contributed by atoms with Crippen molar-refractivity contribution in [1.82, 2.24) is 5.32 Å². The predicted octanol–water partition coefficient (Wildman–Crippen LogP) is 1.08. The Hall–Kier alpha value is -1.95. The molecule has 0 spiro atoms. The van der Waals surface area contributed by atoms with Crippen LogP contribution in [0.5, 0.6) is 0 Å². The topological polar surface area (TPSA) is 86.6 Å². The normalized spacial score (nSPS) is 15.4. The van der Waals surface area contributed by atoms with E-state index in [9.17, 15) is 19.1 Å². The first-order valence-electron chi connectivity index (χ1n) is 5.79. The monoisotopic (exact) mass is 269 g/mol. The second kappa shape index (κ2) is 6.29. The number of carboxylic acids is 1. The third-order valence-electron chi connectivity index (χ3n) is 2.82. The van der Waals surface area contributed by atoms with Crippen LogP contribution < -0.4 is 5.32 Å². The van der Waals surface area contributed by atoms with E-state index >= 15 is 0 Å². The Kier molecular flexibility index (Phi) is 5.00. The predicted molar refractivity (Wildman–Crippen MR) is 65.8 cm³/mol. The lowest BCUT2D eigenvalue weighted by atomic mass is 10.0. The molecule has 3 atom stereocenters. The molecule has 0 heterocycles. The molecular weight excluding hydrogens is 253 g/mol. The standard InChI is InChI=1S/C13H16FNO4/c1-7(13(18)19)12(17)15-8(2)11(16)9-3-5-10(14)6-4-9/h3-8,11,16H,1-2H3,(H,15,17)(H,18,19). The van der Waals surface area contributed by atoms with E-state index < -0.39 is 35.8 Å². The van der Waals surface area contributed by atoms with Gasteiger partial charge in [-0.3, -0.25) is 9.59 Å². The van der Waals surface area contributed by atoms with Gasteiger partial charge in [-0.15, -0.1) is 0 Å². The fraction of sp³-hybridized carbons (Fsp3) is 0.385. The van der Waals surface area contributed by atoms with Crippen LogP contribution in [0.4, 0.5) is 4.39 Å². The van der Waals surface area contributed by atoms with E-state index in [4.69, 9.17) is 5.11 Å². The Labute approximate surface area is 110 Å². The molecule has 0 aromatic heterocycles. The van der Waals surface area contributed by atoms with E-state index in [-0.39, 0.29) is 0 Å². The lowest BCUT2D eigenvalue weighted by Crippen LogP contribution is -2.41. The van der Waals surface area contributed by atoms with Gasteiger partial charge in [-0.2, -0.15) is 0 Å². The number of halogens is 1. The van der Waals surface area contributed by atoms with Crippen LogP contribution in [-0.2, 0) is 9.59 Å². The second-order valence-electron chi connectivity index (χ2n) is 4.35. The first kappa shape index (κ1) is 15.1. The second-order valence-corrected chi connectivity index (χ2v) is 4.35. The SMILES string of the molecule is CC(C(=O)O)C(=O)NC(C)C(O)c1ccc(F)cc1. The molecule has 5 nitrogen and oxygen atoms in total. The highest BCUT2D eigenvalue weighted by Gasteiger charge is 2.25. The maximum atomic E-state index is 12.7. The van der Waals surface area contributed by atoms with Gasteiger partial charge in [0.15, 0.2) is 0 Å². The van der Waals surface area contributed by atoms with Gasteiger partial charge in [0.2, 0.25) is 5.91 Å². The van der Waals surface area contributed by atoms with Crippen LogP contribution in [0.3, 0.4) is 0 Å². The van der Waals surface area contributed by atoms with Crippen molar-refractivity contribution >= 4 is 11.9 Å². The molecule has 0 aliphatic heterocycles. The van der Waals surface area contributed by atoms with E-state index in [1.54, 1.807) is 6.92 Å². The van der Waals surface area contributed by atoms with Crippen molar-refractivity contribution in [3.63, 3.8) is 0 Å². The highest BCUT2D eigenvalue weighted by Crippen LogP contribution is 2.17. The zero-order valence-corrected chi connectivity index (χ0v) is 10.6. The molecule has 3 unspecified atom stereocenters. The Morgan fingerprint density at radius 2 is 1.74 bits per heavy atom. The van der Waals surface area contributed by atoms with Crippen molar-refractivity contribution in [2.75, 3.05) is 0 Å². The smallest absolute Gasteiger partial charge is 0.315 e. The number of hydrogen-bond donors (Lipinski definition) is 3. The fourth-order valence-corrected chi connectivity index (χ4v) is 1.49. The van der Waals surface area contributed by atoms with Crippen molar-refractivity contribution in [3.05, 3.63) is 35.6 Å². The molecular formula is C13H16FNO4. The van der Waals surface area contributed by atoms with Crippen molar-refractivity contribution < 1.29 is 24.2 Å². The number of aliphatic hydroxyl groups is 1. The average Bonchev–Trinajstić information content (AvgIpc) is 2.37. The van der Waals surface area contributed by atoms with E-state index in [0.29, 0.717) is 5.56 Å². The first-order chi connectivity index (χ1) is 8.82. The Morgan fingerprint density at radius 1 is 1.21 bits per heavy atom. The molecule has 19 heavy (non-hydrogen) atoms. The van der Waals surface area contributed by atoms with Crippen LogP contribution in [0.25, 0.3) is 0 Å². The number of benzene rings is 1. The van der Waals surface area contributed by atoms with Crippen LogP contribution >= 0.6 is 0 Å². The molecule has 0 bridgehead atoms. The average molecular weight is 269 g/mol. The number of carboxylic acid groups (broad SMARTS) is 1. The van der Waals surface area contributed by atoms with Crippen LogP contribution in [0, 0.1) is 11.7 Å². The number of aliphatic carboxylic acids is 1. The molecule has 0 fully saturated rings. The van der Waals surface area contributed by atoms with Crippen LogP contribution in [-0.4, -0.2) is 28.1 Å². The van der Waals surface area contributed by atoms with Gasteiger partial charge in [-0.25, -0.2) is 4.39 Å². The Morgan fingerprint density at radius 3 is 2.21 bits per heavy atom. The summed E-state index contributed by atoms with van der Waals surface area (Å²) in [6, 6.07) is 4.53. The van der Waals surface area contributed by atoms with Crippen LogP contribution in [0.15, 0.2) is 24.3 Å². The van der Waals surface area contributed by atoms with E-state index in [0.717, 1.165) is 0 Å². The number of hydrogen-bond acceptors (Lipinski definition) is 3. The quantitative estimate of drug-likeness (QED) is 0.698. The third-order valence-corrected chi connectivity index (χ3v) is 2.82. The summed E-state index contributed by atoms with van der Waals surface area (Å²) in [6.07, 6.45) is -1.04. The summed E-state index contributed by atoms with van der Waals surface area (Å²) in [5.41, 5.74) is 0.442. The first-order valence-corrected chi connectivity index (χ1v) is 5.79. The molecule has 1 amide bonds. The highest BCUT2D eigenvalue weighted by molar-refractivity contribution is 5.96. The molecule has 1 rings (SSSR count). The fourth-order valence-electron chi connectivity index (χ4n) is 1.49. The Balaban J connectivity index is 2.67. The maximum absolute atomic E-state index is 12.7. The van der Waals surface area contributed by atoms with Gasteiger partial charge in [0.25, 0.3) is 0 Å². The third kappa shape index (κ3) is 4.03. The maximum Gasteiger partial charge on any atom is 0.315 e. The minimum absolute atomic E-state index is 0.424. The van der Waals surface area contributed by atoms with E-state index in [1.807, 2.05) is 0 Å². The molecule has 0 saturated heterocycles. The zero-order chi connectivity index (χ0) is 14.6. The molecule has 0 saturated carbocycles. The van der Waals surface area contributed by atoms with Crippen LogP contribution in [0.1, 0.15) is 25.5 Å². The summed E-state index contributed by atoms with van der Waals surface area (Å²) in [5.74, 6) is -3.53. The van der Waals surface area contributed by atoms with E-state index in [1.165, 1.54) is 31.2 Å². The van der Waals surface area contributed by atoms with Gasteiger partial charge in [0.05, 0.1) is 12.1 Å². The van der Waals surface area contributed by atoms with Gasteiger partial charge in [-0.1, -0.05) is 12.1 Å². The van der Waals surface area contributed by atoms with Gasteiger partial charge in [0.1, 0.15) is 11.7 Å². The number of carbonyl (C=O) groups is 2. The van der Waals surface area contributed by atoms with Crippen molar-refractivity contribution in [1.29, 1.82) is 0 Å². The molecule has 0 aliphatic rings. The lowest BCUT2D eigenvalue weighted by Gasteiger charge is -2.21. The summed E-state index contributed by atoms with van der Waals surface area (Å²) in [7, 11) is 0. The minimum Gasteiger partial charge on any atom is -0.481 e. The summed E-state index contributed by atoms with van der Waals surface area (Å²) < 4.78 is 12.7. The number of nitrogens with one attached hydrogen (secondary N) is 1. The van der Waals surface area contributed by atoms with Gasteiger partial charge >= 0.3 is 5.97 Å². The van der Waals surface area contributed by atoms with Crippen LogP contribution in [0.2, 0.25) is 0 Å². The highest BCUT2D eigenvalue weighted by atomic mass is 19.1. The molecule has 0 aliphatic carbocycles. The largest absolute Gasteiger partial charge is 0.481 e. The Bertz CT molecular complexity index is 460. The summed E-state index contributed by atoms with van der Waals surface area (Å²) in [4.78, 5) is 22.2. The number of carbonyl (C=O) groups excluding carboxylic acids is 1.